The van der Waals surface area contributed by atoms with Gasteiger partial charge in [0.25, 0.3) is 0 Å². The summed E-state index contributed by atoms with van der Waals surface area (Å²) in [5.74, 6) is 3.42. The first-order valence-electron chi connectivity index (χ1n) is 7.06. The lowest BCUT2D eigenvalue weighted by atomic mass is 9.88. The molecule has 1 aromatic rings. The van der Waals surface area contributed by atoms with Crippen molar-refractivity contribution in [3.8, 4) is 5.75 Å². The fourth-order valence-electron chi connectivity index (χ4n) is 2.49. The SMILES string of the molecule is CC(C)Oc1ccc(NC2CSCC(C)(C)C2)cc1. The Morgan fingerprint density at radius 2 is 1.95 bits per heavy atom. The number of anilines is 1. The second-order valence-corrected chi connectivity index (χ2v) is 7.45. The van der Waals surface area contributed by atoms with Gasteiger partial charge in [0.2, 0.25) is 0 Å². The predicted molar refractivity (Wildman–Crippen MR) is 85.3 cm³/mol. The molecule has 0 bridgehead atoms. The van der Waals surface area contributed by atoms with Crippen molar-refractivity contribution in [2.45, 2.75) is 46.3 Å². The maximum atomic E-state index is 5.66. The molecule has 1 N–H and O–H groups in total. The lowest BCUT2D eigenvalue weighted by Crippen LogP contribution is -2.35. The van der Waals surface area contributed by atoms with Crippen molar-refractivity contribution in [2.24, 2.45) is 5.41 Å². The smallest absolute Gasteiger partial charge is 0.119 e. The third-order valence-corrected chi connectivity index (χ3v) is 4.83. The molecular weight excluding hydrogens is 254 g/mol. The summed E-state index contributed by atoms with van der Waals surface area (Å²) in [5.41, 5.74) is 1.64. The Balaban J connectivity index is 1.92. The molecule has 1 atom stereocenters. The van der Waals surface area contributed by atoms with Crippen LogP contribution in [0, 0.1) is 5.41 Å². The van der Waals surface area contributed by atoms with Crippen LogP contribution in [0.1, 0.15) is 34.1 Å². The quantitative estimate of drug-likeness (QED) is 0.881. The number of thioether (sulfide) groups is 1. The van der Waals surface area contributed by atoms with Crippen LogP contribution < -0.4 is 10.1 Å². The Bertz CT molecular complexity index is 400. The number of hydrogen-bond acceptors (Lipinski definition) is 3. The van der Waals surface area contributed by atoms with Crippen LogP contribution >= 0.6 is 11.8 Å². The minimum atomic E-state index is 0.231. The molecule has 2 nitrogen and oxygen atoms in total. The van der Waals surface area contributed by atoms with Crippen LogP contribution in [-0.2, 0) is 0 Å². The fourth-order valence-corrected chi connectivity index (χ4v) is 3.77. The van der Waals surface area contributed by atoms with E-state index < -0.39 is 0 Å². The van der Waals surface area contributed by atoms with Crippen LogP contribution in [0.4, 0.5) is 5.69 Å². The van der Waals surface area contributed by atoms with Gasteiger partial charge in [-0.05, 0) is 55.7 Å². The molecule has 19 heavy (non-hydrogen) atoms. The monoisotopic (exact) mass is 279 g/mol. The van der Waals surface area contributed by atoms with E-state index in [9.17, 15) is 0 Å². The minimum Gasteiger partial charge on any atom is -0.491 e. The van der Waals surface area contributed by atoms with Crippen molar-refractivity contribution in [2.75, 3.05) is 16.8 Å². The van der Waals surface area contributed by atoms with E-state index in [1.54, 1.807) is 0 Å². The highest BCUT2D eigenvalue weighted by molar-refractivity contribution is 7.99. The number of nitrogens with one attached hydrogen (secondary N) is 1. The maximum absolute atomic E-state index is 5.66. The third-order valence-electron chi connectivity index (χ3n) is 3.21. The molecule has 1 aliphatic rings. The summed E-state index contributed by atoms with van der Waals surface area (Å²) < 4.78 is 5.66. The van der Waals surface area contributed by atoms with Gasteiger partial charge in [-0.15, -0.1) is 0 Å². The molecule has 0 spiro atoms. The van der Waals surface area contributed by atoms with Gasteiger partial charge in [0.1, 0.15) is 5.75 Å². The fraction of sp³-hybridized carbons (Fsp3) is 0.625. The Kier molecular flexibility index (Phi) is 4.67. The normalized spacial score (nSPS) is 22.3. The van der Waals surface area contributed by atoms with Gasteiger partial charge in [0.05, 0.1) is 6.10 Å². The highest BCUT2D eigenvalue weighted by Gasteiger charge is 2.28. The summed E-state index contributed by atoms with van der Waals surface area (Å²) in [7, 11) is 0. The van der Waals surface area contributed by atoms with Gasteiger partial charge in [0, 0.05) is 17.5 Å². The minimum absolute atomic E-state index is 0.231. The van der Waals surface area contributed by atoms with Gasteiger partial charge in [-0.3, -0.25) is 0 Å². The molecule has 0 amide bonds. The van der Waals surface area contributed by atoms with Crippen LogP contribution in [0.2, 0.25) is 0 Å². The van der Waals surface area contributed by atoms with Crippen LogP contribution in [0.25, 0.3) is 0 Å². The molecule has 106 valence electrons. The summed E-state index contributed by atoms with van der Waals surface area (Å²) in [6, 6.07) is 8.89. The Hall–Kier alpha value is -0.830. The van der Waals surface area contributed by atoms with E-state index in [0.717, 1.165) is 5.75 Å². The van der Waals surface area contributed by atoms with E-state index in [4.69, 9.17) is 4.74 Å². The lowest BCUT2D eigenvalue weighted by Gasteiger charge is -2.35. The van der Waals surface area contributed by atoms with Crippen molar-refractivity contribution >= 4 is 17.4 Å². The zero-order chi connectivity index (χ0) is 13.9. The van der Waals surface area contributed by atoms with E-state index in [0.29, 0.717) is 11.5 Å². The first kappa shape index (κ1) is 14.6. The zero-order valence-electron chi connectivity index (χ0n) is 12.4. The molecule has 1 aromatic carbocycles. The van der Waals surface area contributed by atoms with Crippen molar-refractivity contribution in [3.05, 3.63) is 24.3 Å². The van der Waals surface area contributed by atoms with Gasteiger partial charge in [0.15, 0.2) is 0 Å². The second-order valence-electron chi connectivity index (χ2n) is 6.42. The van der Waals surface area contributed by atoms with E-state index >= 15 is 0 Å². The Morgan fingerprint density at radius 3 is 2.53 bits per heavy atom. The molecule has 3 heteroatoms. The average Bonchev–Trinajstić information content (AvgIpc) is 2.30. The highest BCUT2D eigenvalue weighted by atomic mass is 32.2. The molecule has 1 aliphatic heterocycles. The summed E-state index contributed by atoms with van der Waals surface area (Å²) in [4.78, 5) is 0. The van der Waals surface area contributed by atoms with Crippen LogP contribution in [0.15, 0.2) is 24.3 Å². The summed E-state index contributed by atoms with van der Waals surface area (Å²) in [6.45, 7) is 8.81. The highest BCUT2D eigenvalue weighted by Crippen LogP contribution is 2.34. The summed E-state index contributed by atoms with van der Waals surface area (Å²) in [5, 5.41) is 3.64. The first-order valence-corrected chi connectivity index (χ1v) is 8.21. The molecule has 1 fully saturated rings. The number of benzene rings is 1. The van der Waals surface area contributed by atoms with Gasteiger partial charge < -0.3 is 10.1 Å². The molecule has 1 heterocycles. The largest absolute Gasteiger partial charge is 0.491 e. The van der Waals surface area contributed by atoms with Crippen molar-refractivity contribution in [3.63, 3.8) is 0 Å². The topological polar surface area (TPSA) is 21.3 Å². The molecule has 0 aromatic heterocycles. The lowest BCUT2D eigenvalue weighted by molar-refractivity contribution is 0.242. The van der Waals surface area contributed by atoms with Crippen molar-refractivity contribution in [1.29, 1.82) is 0 Å². The molecule has 1 unspecified atom stereocenters. The van der Waals surface area contributed by atoms with Crippen LogP contribution in [0.5, 0.6) is 5.75 Å². The van der Waals surface area contributed by atoms with Gasteiger partial charge in [-0.2, -0.15) is 11.8 Å². The van der Waals surface area contributed by atoms with E-state index in [-0.39, 0.29) is 6.10 Å². The summed E-state index contributed by atoms with van der Waals surface area (Å²) >= 11 is 2.05. The average molecular weight is 279 g/mol. The molecule has 0 aliphatic carbocycles. The molecular formula is C16H25NOS. The van der Waals surface area contributed by atoms with E-state index in [2.05, 4.69) is 43.1 Å². The molecule has 0 saturated carbocycles. The Labute approximate surface area is 121 Å². The zero-order valence-corrected chi connectivity index (χ0v) is 13.2. The third kappa shape index (κ3) is 4.64. The van der Waals surface area contributed by atoms with Crippen LogP contribution in [-0.4, -0.2) is 23.7 Å². The van der Waals surface area contributed by atoms with Crippen molar-refractivity contribution in [1.82, 2.24) is 0 Å². The standard InChI is InChI=1S/C16H25NOS/c1-12(2)18-15-7-5-13(6-8-15)17-14-9-16(3,4)11-19-10-14/h5-8,12,14,17H,9-11H2,1-4H3. The van der Waals surface area contributed by atoms with Crippen molar-refractivity contribution < 1.29 is 4.74 Å². The van der Waals surface area contributed by atoms with Gasteiger partial charge in [-0.25, -0.2) is 0 Å². The number of hydrogen-bond donors (Lipinski definition) is 1. The van der Waals surface area contributed by atoms with Gasteiger partial charge in [-0.1, -0.05) is 13.8 Å². The molecule has 0 radical (unpaired) electrons. The number of ether oxygens (including phenoxy) is 1. The van der Waals surface area contributed by atoms with E-state index in [1.165, 1.54) is 23.6 Å². The Morgan fingerprint density at radius 1 is 1.26 bits per heavy atom. The second kappa shape index (κ2) is 6.08. The first-order chi connectivity index (χ1) is 8.94. The van der Waals surface area contributed by atoms with E-state index in [1.807, 2.05) is 26.0 Å². The molecule has 2 rings (SSSR count). The maximum Gasteiger partial charge on any atom is 0.119 e. The van der Waals surface area contributed by atoms with Gasteiger partial charge >= 0.3 is 0 Å². The predicted octanol–water partition coefficient (Wildman–Crippen LogP) is 4.42. The number of rotatable bonds is 4. The summed E-state index contributed by atoms with van der Waals surface area (Å²) in [6.07, 6.45) is 1.47. The van der Waals surface area contributed by atoms with Crippen LogP contribution in [0.3, 0.4) is 0 Å². The molecule has 1 saturated heterocycles.